The molecule has 0 aliphatic heterocycles. The highest BCUT2D eigenvalue weighted by molar-refractivity contribution is 4.96. The molecule has 0 aromatic carbocycles. The molecule has 1 aromatic rings. The molecule has 1 N–H and O–H groups in total. The molecule has 4 nitrogen and oxygen atoms in total. The van der Waals surface area contributed by atoms with Crippen LogP contribution in [0.15, 0.2) is 6.33 Å². The average molecular weight is 194 g/mol. The number of rotatable bonds is 5. The van der Waals surface area contributed by atoms with E-state index in [-0.39, 0.29) is 0 Å². The highest BCUT2D eigenvalue weighted by atomic mass is 15.3. The van der Waals surface area contributed by atoms with E-state index >= 15 is 0 Å². The van der Waals surface area contributed by atoms with Crippen LogP contribution in [0.1, 0.15) is 38.6 Å². The highest BCUT2D eigenvalue weighted by Crippen LogP contribution is 2.35. The van der Waals surface area contributed by atoms with Crippen molar-refractivity contribution < 1.29 is 0 Å². The first-order valence-corrected chi connectivity index (χ1v) is 5.43. The van der Waals surface area contributed by atoms with Gasteiger partial charge in [-0.1, -0.05) is 6.92 Å². The molecule has 0 radical (unpaired) electrons. The molecule has 0 saturated heterocycles. The summed E-state index contributed by atoms with van der Waals surface area (Å²) in [7, 11) is 0. The summed E-state index contributed by atoms with van der Waals surface area (Å²) in [6.45, 7) is 5.33. The molecule has 1 atom stereocenters. The largest absolute Gasteiger partial charge is 0.314 e. The summed E-state index contributed by atoms with van der Waals surface area (Å²) < 4.78 is 2.23. The molecular weight excluding hydrogens is 176 g/mol. The van der Waals surface area contributed by atoms with Gasteiger partial charge in [0.15, 0.2) is 0 Å². The van der Waals surface area contributed by atoms with E-state index in [1.54, 1.807) is 0 Å². The van der Waals surface area contributed by atoms with Gasteiger partial charge in [0.2, 0.25) is 0 Å². The fourth-order valence-corrected chi connectivity index (χ4v) is 1.76. The second kappa shape index (κ2) is 4.09. The minimum atomic E-state index is 0.488. The van der Waals surface area contributed by atoms with Crippen LogP contribution in [-0.4, -0.2) is 27.4 Å². The number of hydrogen-bond donors (Lipinski definition) is 1. The van der Waals surface area contributed by atoms with Crippen LogP contribution < -0.4 is 5.32 Å². The van der Waals surface area contributed by atoms with Gasteiger partial charge >= 0.3 is 0 Å². The quantitative estimate of drug-likeness (QED) is 0.764. The third-order valence-electron chi connectivity index (χ3n) is 2.63. The maximum atomic E-state index is 4.17. The minimum Gasteiger partial charge on any atom is -0.314 e. The predicted molar refractivity (Wildman–Crippen MR) is 55.1 cm³/mol. The first kappa shape index (κ1) is 9.65. The first-order valence-electron chi connectivity index (χ1n) is 5.43. The second-order valence-electron chi connectivity index (χ2n) is 4.05. The summed E-state index contributed by atoms with van der Waals surface area (Å²) in [6.07, 6.45) is 5.43. The number of nitrogens with zero attached hydrogens (tertiary/aromatic N) is 3. The summed E-state index contributed by atoms with van der Waals surface area (Å²) in [5.41, 5.74) is 0. The van der Waals surface area contributed by atoms with Crippen molar-refractivity contribution in [1.29, 1.82) is 0 Å². The fourth-order valence-electron chi connectivity index (χ4n) is 1.76. The Morgan fingerprint density at radius 3 is 3.07 bits per heavy atom. The van der Waals surface area contributed by atoms with Crippen LogP contribution in [0.25, 0.3) is 0 Å². The molecule has 4 heteroatoms. The molecular formula is C10H18N4. The topological polar surface area (TPSA) is 42.7 Å². The lowest BCUT2D eigenvalue weighted by atomic mass is 10.2. The Morgan fingerprint density at radius 1 is 1.64 bits per heavy atom. The summed E-state index contributed by atoms with van der Waals surface area (Å²) in [5, 5.41) is 11.5. The number of aromatic nitrogens is 3. The Hall–Kier alpha value is -0.900. The van der Waals surface area contributed by atoms with Crippen molar-refractivity contribution in [3.05, 3.63) is 12.2 Å². The number of hydrogen-bond acceptors (Lipinski definition) is 3. The SMILES string of the molecule is CCNC(C)Cc1nncn1C1CC1. The molecule has 1 aliphatic rings. The van der Waals surface area contributed by atoms with Gasteiger partial charge in [0, 0.05) is 18.5 Å². The summed E-state index contributed by atoms with van der Waals surface area (Å²) in [5.74, 6) is 1.13. The maximum absolute atomic E-state index is 4.17. The number of nitrogens with one attached hydrogen (secondary N) is 1. The van der Waals surface area contributed by atoms with E-state index in [4.69, 9.17) is 0 Å². The van der Waals surface area contributed by atoms with E-state index in [1.165, 1.54) is 12.8 Å². The Morgan fingerprint density at radius 2 is 2.43 bits per heavy atom. The van der Waals surface area contributed by atoms with Crippen LogP contribution >= 0.6 is 0 Å². The van der Waals surface area contributed by atoms with Crippen molar-refractivity contribution in [1.82, 2.24) is 20.1 Å². The van der Waals surface area contributed by atoms with Gasteiger partial charge in [0.1, 0.15) is 12.2 Å². The summed E-state index contributed by atoms with van der Waals surface area (Å²) in [6, 6.07) is 1.18. The van der Waals surface area contributed by atoms with E-state index in [9.17, 15) is 0 Å². The van der Waals surface area contributed by atoms with Gasteiger partial charge in [-0.15, -0.1) is 10.2 Å². The molecule has 0 spiro atoms. The molecule has 0 bridgehead atoms. The van der Waals surface area contributed by atoms with E-state index in [1.807, 2.05) is 6.33 Å². The summed E-state index contributed by atoms with van der Waals surface area (Å²) in [4.78, 5) is 0. The third kappa shape index (κ3) is 2.12. The standard InChI is InChI=1S/C10H18N4/c1-3-11-8(2)6-10-13-12-7-14(10)9-4-5-9/h7-9,11H,3-6H2,1-2H3. The zero-order chi connectivity index (χ0) is 9.97. The zero-order valence-corrected chi connectivity index (χ0v) is 8.90. The van der Waals surface area contributed by atoms with Gasteiger partial charge < -0.3 is 9.88 Å². The van der Waals surface area contributed by atoms with E-state index in [0.29, 0.717) is 12.1 Å². The van der Waals surface area contributed by atoms with Crippen LogP contribution in [0.3, 0.4) is 0 Å². The van der Waals surface area contributed by atoms with Crippen LogP contribution in [0.5, 0.6) is 0 Å². The molecule has 2 rings (SSSR count). The Kier molecular flexibility index (Phi) is 2.82. The molecule has 78 valence electrons. The van der Waals surface area contributed by atoms with Gasteiger partial charge in [-0.25, -0.2) is 0 Å². The van der Waals surface area contributed by atoms with Gasteiger partial charge in [0.05, 0.1) is 0 Å². The Balaban J connectivity index is 1.97. The van der Waals surface area contributed by atoms with Gasteiger partial charge in [-0.05, 0) is 26.3 Å². The van der Waals surface area contributed by atoms with Crippen molar-refractivity contribution in [3.8, 4) is 0 Å². The molecule has 14 heavy (non-hydrogen) atoms. The van der Waals surface area contributed by atoms with Crippen molar-refractivity contribution in [2.75, 3.05) is 6.54 Å². The monoisotopic (exact) mass is 194 g/mol. The molecule has 0 amide bonds. The molecule has 1 aliphatic carbocycles. The minimum absolute atomic E-state index is 0.488. The Bertz CT molecular complexity index is 290. The van der Waals surface area contributed by atoms with E-state index in [2.05, 4.69) is 33.9 Å². The highest BCUT2D eigenvalue weighted by Gasteiger charge is 2.26. The molecule has 1 saturated carbocycles. The van der Waals surface area contributed by atoms with Crippen molar-refractivity contribution >= 4 is 0 Å². The Labute approximate surface area is 84.7 Å². The normalized spacial score (nSPS) is 18.4. The van der Waals surface area contributed by atoms with Crippen molar-refractivity contribution in [3.63, 3.8) is 0 Å². The first-order chi connectivity index (χ1) is 6.81. The number of likely N-dealkylation sites (N-methyl/N-ethyl adjacent to an activating group) is 1. The summed E-state index contributed by atoms with van der Waals surface area (Å²) >= 11 is 0. The second-order valence-corrected chi connectivity index (χ2v) is 4.05. The van der Waals surface area contributed by atoms with Crippen LogP contribution in [0.4, 0.5) is 0 Å². The van der Waals surface area contributed by atoms with Crippen LogP contribution in [0.2, 0.25) is 0 Å². The molecule has 1 aromatic heterocycles. The third-order valence-corrected chi connectivity index (χ3v) is 2.63. The van der Waals surface area contributed by atoms with Crippen LogP contribution in [-0.2, 0) is 6.42 Å². The van der Waals surface area contributed by atoms with Gasteiger partial charge in [0.25, 0.3) is 0 Å². The molecule has 1 heterocycles. The lowest BCUT2D eigenvalue weighted by Gasteiger charge is -2.12. The fraction of sp³-hybridized carbons (Fsp3) is 0.800. The average Bonchev–Trinajstić information content (AvgIpc) is 2.89. The smallest absolute Gasteiger partial charge is 0.134 e. The van der Waals surface area contributed by atoms with Gasteiger partial charge in [-0.2, -0.15) is 0 Å². The van der Waals surface area contributed by atoms with Gasteiger partial charge in [-0.3, -0.25) is 0 Å². The molecule has 1 unspecified atom stereocenters. The van der Waals surface area contributed by atoms with E-state index in [0.717, 1.165) is 18.8 Å². The van der Waals surface area contributed by atoms with Crippen molar-refractivity contribution in [2.45, 2.75) is 45.2 Å². The van der Waals surface area contributed by atoms with Crippen molar-refractivity contribution in [2.24, 2.45) is 0 Å². The van der Waals surface area contributed by atoms with E-state index < -0.39 is 0 Å². The lowest BCUT2D eigenvalue weighted by molar-refractivity contribution is 0.533. The van der Waals surface area contributed by atoms with Crippen LogP contribution in [0, 0.1) is 0 Å². The predicted octanol–water partition coefficient (Wildman–Crippen LogP) is 1.15. The maximum Gasteiger partial charge on any atom is 0.134 e. The zero-order valence-electron chi connectivity index (χ0n) is 8.90. The molecule has 1 fully saturated rings. The lowest BCUT2D eigenvalue weighted by Crippen LogP contribution is -2.28.